The van der Waals surface area contributed by atoms with Crippen molar-refractivity contribution in [1.29, 1.82) is 0 Å². The number of carbonyl (C=O) groups excluding carboxylic acids is 2. The molecule has 0 saturated carbocycles. The summed E-state index contributed by atoms with van der Waals surface area (Å²) in [5.74, 6) is -1.28. The summed E-state index contributed by atoms with van der Waals surface area (Å²) in [5, 5.41) is 0. The van der Waals surface area contributed by atoms with Crippen molar-refractivity contribution in [2.75, 3.05) is 0 Å². The number of imide groups is 1. The molecule has 1 aromatic carbocycles. The van der Waals surface area contributed by atoms with Gasteiger partial charge >= 0.3 is 0 Å². The molecule has 0 bridgehead atoms. The van der Waals surface area contributed by atoms with Crippen molar-refractivity contribution >= 4 is 23.6 Å². The van der Waals surface area contributed by atoms with Gasteiger partial charge in [-0.3, -0.25) is 9.59 Å². The van der Waals surface area contributed by atoms with Crippen LogP contribution in [0.5, 0.6) is 0 Å². The van der Waals surface area contributed by atoms with Gasteiger partial charge in [-0.1, -0.05) is 30.3 Å². The minimum atomic E-state index is -0.468. The predicted molar refractivity (Wildman–Crippen MR) is 58.2 cm³/mol. The molecule has 0 spiro atoms. The van der Waals surface area contributed by atoms with Crippen molar-refractivity contribution in [2.24, 2.45) is 0 Å². The van der Waals surface area contributed by atoms with Gasteiger partial charge in [0.05, 0.1) is 5.92 Å². The molecule has 2 amide bonds. The molecule has 0 radical (unpaired) electrons. The van der Waals surface area contributed by atoms with E-state index >= 15 is 0 Å². The smallest absolute Gasteiger partial charge is 0.251 e. The van der Waals surface area contributed by atoms with E-state index < -0.39 is 17.7 Å². The van der Waals surface area contributed by atoms with E-state index in [0.29, 0.717) is 4.42 Å². The summed E-state index contributed by atoms with van der Waals surface area (Å²) >= 11 is 5.55. The second-order valence-electron chi connectivity index (χ2n) is 3.27. The summed E-state index contributed by atoms with van der Waals surface area (Å²) in [4.78, 5) is 22.6. The maximum Gasteiger partial charge on any atom is 0.251 e. The highest BCUT2D eigenvalue weighted by atomic mass is 35.5. The van der Waals surface area contributed by atoms with Crippen LogP contribution in [0.4, 0.5) is 0 Å². The van der Waals surface area contributed by atoms with Gasteiger partial charge in [0.25, 0.3) is 5.91 Å². The summed E-state index contributed by atoms with van der Waals surface area (Å²) in [7, 11) is 0. The summed E-state index contributed by atoms with van der Waals surface area (Å²) in [6, 6.07) is 9.20. The third-order valence-corrected chi connectivity index (χ3v) is 2.54. The van der Waals surface area contributed by atoms with Gasteiger partial charge in [0, 0.05) is 18.7 Å². The van der Waals surface area contributed by atoms with Crippen LogP contribution >= 0.6 is 11.8 Å². The fraction of sp³-hybridized carbons (Fsp3) is 0.273. The van der Waals surface area contributed by atoms with Crippen molar-refractivity contribution < 1.29 is 9.59 Å². The Bertz CT molecular complexity index is 364. The Balaban J connectivity index is 2.82. The fourth-order valence-corrected chi connectivity index (χ4v) is 1.36. The minimum absolute atomic E-state index is 0.407. The van der Waals surface area contributed by atoms with E-state index in [0.717, 1.165) is 5.56 Å². The zero-order chi connectivity index (χ0) is 11.4. The fourth-order valence-electron chi connectivity index (χ4n) is 1.21. The highest BCUT2D eigenvalue weighted by Gasteiger charge is 2.23. The number of hydrogen-bond acceptors (Lipinski definition) is 2. The number of hydrogen-bond donors (Lipinski definition) is 0. The first-order chi connectivity index (χ1) is 7.04. The molecule has 80 valence electrons. The van der Waals surface area contributed by atoms with Crippen LogP contribution in [0.3, 0.4) is 0 Å². The van der Waals surface area contributed by atoms with Crippen molar-refractivity contribution in [3.8, 4) is 0 Å². The van der Waals surface area contributed by atoms with Crippen LogP contribution in [0.15, 0.2) is 30.3 Å². The molecule has 15 heavy (non-hydrogen) atoms. The summed E-state index contributed by atoms with van der Waals surface area (Å²) in [5.41, 5.74) is 0.842. The van der Waals surface area contributed by atoms with Crippen LogP contribution in [0, 0.1) is 0 Å². The van der Waals surface area contributed by atoms with Gasteiger partial charge in [-0.15, -0.1) is 0 Å². The number of nitrogens with zero attached hydrogens (tertiary/aromatic N) is 1. The summed E-state index contributed by atoms with van der Waals surface area (Å²) in [6.07, 6.45) is 0. The molecule has 0 saturated heterocycles. The molecule has 0 aliphatic rings. The van der Waals surface area contributed by atoms with E-state index in [2.05, 4.69) is 0 Å². The second kappa shape index (κ2) is 4.94. The zero-order valence-electron chi connectivity index (χ0n) is 8.61. The Kier molecular flexibility index (Phi) is 3.86. The molecule has 0 aliphatic carbocycles. The SMILES string of the molecule is CC(=O)N(Cl)C(=O)C(C)c1ccccc1. The standard InChI is InChI=1S/C11H12ClNO2/c1-8(10-6-4-3-5-7-10)11(15)13(12)9(2)14/h3-8H,1-2H3. The Morgan fingerprint density at radius 2 is 1.80 bits per heavy atom. The highest BCUT2D eigenvalue weighted by Crippen LogP contribution is 2.18. The normalized spacial score (nSPS) is 11.9. The first kappa shape index (κ1) is 11.7. The van der Waals surface area contributed by atoms with Crippen LogP contribution in [-0.4, -0.2) is 16.2 Å². The molecule has 1 unspecified atom stereocenters. The van der Waals surface area contributed by atoms with E-state index in [-0.39, 0.29) is 0 Å². The van der Waals surface area contributed by atoms with Gasteiger partial charge in [0.1, 0.15) is 0 Å². The second-order valence-corrected chi connectivity index (χ2v) is 3.61. The van der Waals surface area contributed by atoms with E-state index in [1.54, 1.807) is 6.92 Å². The largest absolute Gasteiger partial charge is 0.273 e. The Morgan fingerprint density at radius 1 is 1.27 bits per heavy atom. The van der Waals surface area contributed by atoms with Crippen LogP contribution in [0.2, 0.25) is 0 Å². The Hall–Kier alpha value is -1.35. The van der Waals surface area contributed by atoms with Gasteiger partial charge in [0.15, 0.2) is 0 Å². The number of halogens is 1. The molecule has 0 aliphatic heterocycles. The van der Waals surface area contributed by atoms with Gasteiger partial charge in [0.2, 0.25) is 5.91 Å². The van der Waals surface area contributed by atoms with Crippen molar-refractivity contribution in [3.63, 3.8) is 0 Å². The quantitative estimate of drug-likeness (QED) is 0.725. The van der Waals surface area contributed by atoms with Crippen LogP contribution in [-0.2, 0) is 9.59 Å². The molecule has 0 N–H and O–H groups in total. The summed E-state index contributed by atoms with van der Waals surface area (Å²) in [6.45, 7) is 2.97. The maximum absolute atomic E-state index is 11.7. The minimum Gasteiger partial charge on any atom is -0.273 e. The number of benzene rings is 1. The molecule has 4 heteroatoms. The van der Waals surface area contributed by atoms with Crippen molar-refractivity contribution in [3.05, 3.63) is 35.9 Å². The third kappa shape index (κ3) is 2.80. The van der Waals surface area contributed by atoms with Crippen LogP contribution in [0.1, 0.15) is 25.3 Å². The Morgan fingerprint density at radius 3 is 2.27 bits per heavy atom. The molecule has 3 nitrogen and oxygen atoms in total. The average molecular weight is 226 g/mol. The predicted octanol–water partition coefficient (Wildman–Crippen LogP) is 2.32. The lowest BCUT2D eigenvalue weighted by Gasteiger charge is -2.15. The Labute approximate surface area is 93.8 Å². The lowest BCUT2D eigenvalue weighted by atomic mass is 10.0. The molecule has 1 rings (SSSR count). The van der Waals surface area contributed by atoms with Gasteiger partial charge in [-0.05, 0) is 12.5 Å². The zero-order valence-corrected chi connectivity index (χ0v) is 9.36. The maximum atomic E-state index is 11.7. The molecule has 0 heterocycles. The molecular formula is C11H12ClNO2. The van der Waals surface area contributed by atoms with Gasteiger partial charge in [-0.25, -0.2) is 0 Å². The van der Waals surface area contributed by atoms with Crippen LogP contribution in [0.25, 0.3) is 0 Å². The molecular weight excluding hydrogens is 214 g/mol. The van der Waals surface area contributed by atoms with Gasteiger partial charge < -0.3 is 0 Å². The summed E-state index contributed by atoms with van der Waals surface area (Å²) < 4.78 is 0.623. The molecule has 0 aromatic heterocycles. The lowest BCUT2D eigenvalue weighted by Crippen LogP contribution is -2.29. The third-order valence-electron chi connectivity index (χ3n) is 2.14. The first-order valence-corrected chi connectivity index (χ1v) is 4.93. The van der Waals surface area contributed by atoms with E-state index in [4.69, 9.17) is 11.8 Å². The van der Waals surface area contributed by atoms with Crippen molar-refractivity contribution in [1.82, 2.24) is 4.42 Å². The van der Waals surface area contributed by atoms with E-state index in [9.17, 15) is 9.59 Å². The van der Waals surface area contributed by atoms with Crippen molar-refractivity contribution in [2.45, 2.75) is 19.8 Å². The molecule has 0 fully saturated rings. The monoisotopic (exact) mass is 225 g/mol. The number of rotatable bonds is 2. The average Bonchev–Trinajstić information content (AvgIpc) is 2.27. The van der Waals surface area contributed by atoms with E-state index in [1.165, 1.54) is 6.92 Å². The number of carbonyl (C=O) groups is 2. The van der Waals surface area contributed by atoms with Crippen LogP contribution < -0.4 is 0 Å². The van der Waals surface area contributed by atoms with E-state index in [1.807, 2.05) is 30.3 Å². The van der Waals surface area contributed by atoms with Gasteiger partial charge in [-0.2, -0.15) is 4.42 Å². The molecule has 1 aromatic rings. The lowest BCUT2D eigenvalue weighted by molar-refractivity contribution is -0.138. The molecule has 1 atom stereocenters. The first-order valence-electron chi connectivity index (χ1n) is 4.59. The highest BCUT2D eigenvalue weighted by molar-refractivity contribution is 6.30. The number of amides is 2. The topological polar surface area (TPSA) is 37.4 Å².